The van der Waals surface area contributed by atoms with Crippen molar-refractivity contribution in [3.8, 4) is 0 Å². The first-order chi connectivity index (χ1) is 9.13. The van der Waals surface area contributed by atoms with E-state index in [-0.39, 0.29) is 0 Å². The number of hydrogen-bond donors (Lipinski definition) is 1. The van der Waals surface area contributed by atoms with E-state index in [1.807, 2.05) is 24.1 Å². The van der Waals surface area contributed by atoms with Crippen LogP contribution < -0.4 is 5.32 Å². The van der Waals surface area contributed by atoms with E-state index in [9.17, 15) is 0 Å². The van der Waals surface area contributed by atoms with Crippen LogP contribution in [0.3, 0.4) is 0 Å². The van der Waals surface area contributed by atoms with E-state index in [0.717, 1.165) is 29.7 Å². The lowest BCUT2D eigenvalue weighted by Crippen LogP contribution is -2.16. The second-order valence-electron chi connectivity index (χ2n) is 4.59. The third-order valence-corrected chi connectivity index (χ3v) is 4.16. The molecule has 0 aliphatic heterocycles. The third kappa shape index (κ3) is 3.22. The molecule has 102 valence electrons. The highest BCUT2D eigenvalue weighted by Gasteiger charge is 2.11. The summed E-state index contributed by atoms with van der Waals surface area (Å²) >= 11 is 3.63. The van der Waals surface area contributed by atoms with Crippen LogP contribution in [-0.2, 0) is 26.6 Å². The molecule has 0 saturated carbocycles. The van der Waals surface area contributed by atoms with Crippen LogP contribution >= 0.6 is 15.9 Å². The van der Waals surface area contributed by atoms with Gasteiger partial charge in [0.1, 0.15) is 0 Å². The predicted octanol–water partition coefficient (Wildman–Crippen LogP) is 2.74. The van der Waals surface area contributed by atoms with Gasteiger partial charge in [0.2, 0.25) is 0 Å². The van der Waals surface area contributed by atoms with E-state index in [2.05, 4.69) is 51.2 Å². The number of aromatic nitrogens is 3. The fourth-order valence-electron chi connectivity index (χ4n) is 2.03. The van der Waals surface area contributed by atoms with Crippen LogP contribution in [0.4, 0.5) is 0 Å². The van der Waals surface area contributed by atoms with Crippen molar-refractivity contribution in [2.75, 3.05) is 0 Å². The second-order valence-corrected chi connectivity index (χ2v) is 5.38. The summed E-state index contributed by atoms with van der Waals surface area (Å²) < 4.78 is 3.06. The molecule has 0 aromatic carbocycles. The molecule has 4 nitrogen and oxygen atoms in total. The molecule has 1 N–H and O–H groups in total. The average Bonchev–Trinajstić information content (AvgIpc) is 2.68. The van der Waals surface area contributed by atoms with Crippen LogP contribution in [0, 0.1) is 6.92 Å². The van der Waals surface area contributed by atoms with Gasteiger partial charge < -0.3 is 5.32 Å². The van der Waals surface area contributed by atoms with Gasteiger partial charge in [-0.25, -0.2) is 0 Å². The summed E-state index contributed by atoms with van der Waals surface area (Å²) in [5.74, 6) is 0. The lowest BCUT2D eigenvalue weighted by molar-refractivity contribution is 0.620. The largest absolute Gasteiger partial charge is 0.307 e. The Hall–Kier alpha value is -1.20. The minimum Gasteiger partial charge on any atom is -0.307 e. The number of rotatable bonds is 5. The zero-order valence-electron chi connectivity index (χ0n) is 11.6. The summed E-state index contributed by atoms with van der Waals surface area (Å²) in [6.07, 6.45) is 4.67. The summed E-state index contributed by atoms with van der Waals surface area (Å²) in [7, 11) is 1.98. The molecule has 0 saturated heterocycles. The highest BCUT2D eigenvalue weighted by Crippen LogP contribution is 2.21. The van der Waals surface area contributed by atoms with Crippen LogP contribution in [0.15, 0.2) is 22.9 Å². The minimum atomic E-state index is 0.797. The van der Waals surface area contributed by atoms with Crippen molar-refractivity contribution in [2.45, 2.75) is 33.4 Å². The van der Waals surface area contributed by atoms with Crippen LogP contribution in [0.5, 0.6) is 0 Å². The molecular formula is C14H19BrN4. The standard InChI is InChI=1S/C14H19BrN4/c1-4-12-14(15)13(19(3)18-12)9-17-8-11-5-6-16-7-10(11)2/h5-7,17H,4,8-9H2,1-3H3. The average molecular weight is 323 g/mol. The molecule has 2 aromatic heterocycles. The molecule has 2 aromatic rings. The van der Waals surface area contributed by atoms with E-state index < -0.39 is 0 Å². The van der Waals surface area contributed by atoms with Gasteiger partial charge in [-0.05, 0) is 46.5 Å². The lowest BCUT2D eigenvalue weighted by atomic mass is 10.1. The van der Waals surface area contributed by atoms with E-state index in [1.165, 1.54) is 16.8 Å². The number of aryl methyl sites for hydroxylation is 3. The van der Waals surface area contributed by atoms with Crippen molar-refractivity contribution < 1.29 is 0 Å². The van der Waals surface area contributed by atoms with Crippen LogP contribution in [0.25, 0.3) is 0 Å². The number of halogens is 1. The molecule has 2 rings (SSSR count). The Balaban J connectivity index is 2.00. The Labute approximate surface area is 122 Å². The molecule has 0 aliphatic rings. The van der Waals surface area contributed by atoms with Crippen LogP contribution in [-0.4, -0.2) is 14.8 Å². The van der Waals surface area contributed by atoms with Crippen molar-refractivity contribution in [1.29, 1.82) is 0 Å². The quantitative estimate of drug-likeness (QED) is 0.920. The van der Waals surface area contributed by atoms with Gasteiger partial charge in [-0.2, -0.15) is 5.10 Å². The van der Waals surface area contributed by atoms with Crippen molar-refractivity contribution in [3.05, 3.63) is 45.4 Å². The summed E-state index contributed by atoms with van der Waals surface area (Å²) in [5, 5.41) is 7.95. The molecule has 2 heterocycles. The molecule has 19 heavy (non-hydrogen) atoms. The summed E-state index contributed by atoms with van der Waals surface area (Å²) in [5.41, 5.74) is 4.79. The fourth-order valence-corrected chi connectivity index (χ4v) is 2.78. The number of hydrogen-bond acceptors (Lipinski definition) is 3. The third-order valence-electron chi connectivity index (χ3n) is 3.25. The Bertz CT molecular complexity index is 563. The topological polar surface area (TPSA) is 42.7 Å². The fraction of sp³-hybridized carbons (Fsp3) is 0.429. The molecule has 0 fully saturated rings. The molecule has 0 atom stereocenters. The first kappa shape index (κ1) is 14.2. The summed E-state index contributed by atoms with van der Waals surface area (Å²) in [4.78, 5) is 4.10. The first-order valence-corrected chi connectivity index (χ1v) is 7.23. The summed E-state index contributed by atoms with van der Waals surface area (Å²) in [6, 6.07) is 2.05. The maximum absolute atomic E-state index is 4.49. The maximum Gasteiger partial charge on any atom is 0.0767 e. The zero-order chi connectivity index (χ0) is 13.8. The number of pyridine rings is 1. The lowest BCUT2D eigenvalue weighted by Gasteiger charge is -2.08. The smallest absolute Gasteiger partial charge is 0.0767 e. The minimum absolute atomic E-state index is 0.797. The van der Waals surface area contributed by atoms with E-state index in [1.54, 1.807) is 0 Å². The van der Waals surface area contributed by atoms with E-state index >= 15 is 0 Å². The number of nitrogens with one attached hydrogen (secondary N) is 1. The van der Waals surface area contributed by atoms with Crippen LogP contribution in [0.2, 0.25) is 0 Å². The normalized spacial score (nSPS) is 10.9. The van der Waals surface area contributed by atoms with Gasteiger partial charge >= 0.3 is 0 Å². The van der Waals surface area contributed by atoms with E-state index in [0.29, 0.717) is 0 Å². The second kappa shape index (κ2) is 6.30. The van der Waals surface area contributed by atoms with Gasteiger partial charge in [-0.3, -0.25) is 9.67 Å². The monoisotopic (exact) mass is 322 g/mol. The number of nitrogens with zero attached hydrogens (tertiary/aromatic N) is 3. The Morgan fingerprint density at radius 3 is 2.79 bits per heavy atom. The molecule has 0 bridgehead atoms. The van der Waals surface area contributed by atoms with Crippen molar-refractivity contribution in [1.82, 2.24) is 20.1 Å². The van der Waals surface area contributed by atoms with Gasteiger partial charge in [0.15, 0.2) is 0 Å². The highest BCUT2D eigenvalue weighted by atomic mass is 79.9. The molecule has 5 heteroatoms. The Morgan fingerprint density at radius 2 is 2.16 bits per heavy atom. The van der Waals surface area contributed by atoms with Crippen molar-refractivity contribution >= 4 is 15.9 Å². The van der Waals surface area contributed by atoms with Crippen molar-refractivity contribution in [2.24, 2.45) is 7.05 Å². The maximum atomic E-state index is 4.49. The molecular weight excluding hydrogens is 304 g/mol. The van der Waals surface area contributed by atoms with Crippen LogP contribution in [0.1, 0.15) is 29.4 Å². The Morgan fingerprint density at radius 1 is 1.37 bits per heavy atom. The van der Waals surface area contributed by atoms with Crippen molar-refractivity contribution in [3.63, 3.8) is 0 Å². The van der Waals surface area contributed by atoms with Gasteiger partial charge in [0, 0.05) is 32.5 Å². The molecule has 0 aliphatic carbocycles. The molecule has 0 amide bonds. The van der Waals surface area contributed by atoms with Gasteiger partial charge in [-0.15, -0.1) is 0 Å². The van der Waals surface area contributed by atoms with E-state index in [4.69, 9.17) is 0 Å². The van der Waals surface area contributed by atoms with Gasteiger partial charge in [0.05, 0.1) is 15.9 Å². The Kier molecular flexibility index (Phi) is 4.71. The van der Waals surface area contributed by atoms with Gasteiger partial charge in [0.25, 0.3) is 0 Å². The molecule has 0 spiro atoms. The van der Waals surface area contributed by atoms with Gasteiger partial charge in [-0.1, -0.05) is 6.92 Å². The highest BCUT2D eigenvalue weighted by molar-refractivity contribution is 9.10. The zero-order valence-corrected chi connectivity index (χ0v) is 13.2. The SMILES string of the molecule is CCc1nn(C)c(CNCc2ccncc2C)c1Br. The molecule has 0 unspecified atom stereocenters. The first-order valence-electron chi connectivity index (χ1n) is 6.44. The molecule has 0 radical (unpaired) electrons. The predicted molar refractivity (Wildman–Crippen MR) is 79.8 cm³/mol. The summed E-state index contributed by atoms with van der Waals surface area (Å²) in [6.45, 7) is 5.84.